The molecule has 0 aliphatic carbocycles. The van der Waals surface area contributed by atoms with Crippen molar-refractivity contribution in [3.63, 3.8) is 0 Å². The van der Waals surface area contributed by atoms with Crippen LogP contribution in [0.5, 0.6) is 0 Å². The molecule has 2 aromatic carbocycles. The molecule has 0 saturated carbocycles. The number of amides is 2. The lowest BCUT2D eigenvalue weighted by Gasteiger charge is -2.20. The van der Waals surface area contributed by atoms with Gasteiger partial charge in [-0.2, -0.15) is 0 Å². The van der Waals surface area contributed by atoms with E-state index in [1.807, 2.05) is 12.1 Å². The molecule has 2 aliphatic heterocycles. The third-order valence-corrected chi connectivity index (χ3v) is 7.38. The summed E-state index contributed by atoms with van der Waals surface area (Å²) >= 11 is 7.64. The predicted molar refractivity (Wildman–Crippen MR) is 131 cm³/mol. The van der Waals surface area contributed by atoms with Crippen LogP contribution >= 0.6 is 23.4 Å². The number of hydrogen-bond donors (Lipinski definition) is 1. The van der Waals surface area contributed by atoms with E-state index in [1.54, 1.807) is 31.3 Å². The van der Waals surface area contributed by atoms with Gasteiger partial charge in [-0.1, -0.05) is 17.7 Å². The Morgan fingerprint density at radius 3 is 2.82 bits per heavy atom. The van der Waals surface area contributed by atoms with Crippen LogP contribution in [0.15, 0.2) is 50.9 Å². The Bertz CT molecular complexity index is 1450. The number of rotatable bonds is 5. The van der Waals surface area contributed by atoms with Crippen LogP contribution in [0.1, 0.15) is 12.8 Å². The third kappa shape index (κ3) is 3.97. The van der Waals surface area contributed by atoms with E-state index < -0.39 is 11.8 Å². The number of aromatic nitrogens is 2. The molecular formula is C23H21ClN4O5S. The standard InChI is InChI=1S/C23H21ClN4O5S/c1-26-20-15(5-2-6-16(20)24)21(30)27(22(26)31)9-3-4-14-11-28(23(32)33-14)13-7-8-18-17(10-13)25-19(29)12-34-18/h2,5-8,10,14H,3-4,9,11-12H2,1H3,(H,25,29)/t14-/m0/s1. The van der Waals surface area contributed by atoms with Crippen LogP contribution in [0.25, 0.3) is 10.9 Å². The number of nitrogens with zero attached hydrogens (tertiary/aromatic N) is 3. The number of cyclic esters (lactones) is 1. The summed E-state index contributed by atoms with van der Waals surface area (Å²) in [6.07, 6.45) is 0.127. The summed E-state index contributed by atoms with van der Waals surface area (Å²) < 4.78 is 8.08. The van der Waals surface area contributed by atoms with Gasteiger partial charge < -0.3 is 10.1 Å². The van der Waals surface area contributed by atoms with E-state index >= 15 is 0 Å². The zero-order chi connectivity index (χ0) is 24.0. The molecule has 3 heterocycles. The van der Waals surface area contributed by atoms with Crippen LogP contribution in [-0.4, -0.2) is 39.5 Å². The molecule has 34 heavy (non-hydrogen) atoms. The summed E-state index contributed by atoms with van der Waals surface area (Å²) in [6, 6.07) is 10.4. The number of aryl methyl sites for hydroxylation is 1. The highest BCUT2D eigenvalue weighted by atomic mass is 35.5. The Kier molecular flexibility index (Phi) is 5.86. The second-order valence-corrected chi connectivity index (χ2v) is 9.63. The normalized spacial score (nSPS) is 17.6. The van der Waals surface area contributed by atoms with E-state index in [-0.39, 0.29) is 24.1 Å². The molecule has 11 heteroatoms. The summed E-state index contributed by atoms with van der Waals surface area (Å²) in [5.41, 5.74) is 0.909. The second kappa shape index (κ2) is 8.84. The summed E-state index contributed by atoms with van der Waals surface area (Å²) in [6.45, 7) is 0.545. The van der Waals surface area contributed by atoms with E-state index in [0.717, 1.165) is 4.90 Å². The Labute approximate surface area is 203 Å². The van der Waals surface area contributed by atoms with Crippen LogP contribution in [-0.2, 0) is 23.1 Å². The quantitative estimate of drug-likeness (QED) is 0.577. The van der Waals surface area contributed by atoms with Crippen molar-refractivity contribution in [2.75, 3.05) is 22.5 Å². The highest BCUT2D eigenvalue weighted by Crippen LogP contribution is 2.35. The number of nitrogens with one attached hydrogen (secondary N) is 1. The minimum atomic E-state index is -0.465. The van der Waals surface area contributed by atoms with Crippen molar-refractivity contribution < 1.29 is 14.3 Å². The van der Waals surface area contributed by atoms with Crippen molar-refractivity contribution in [3.8, 4) is 0 Å². The van der Waals surface area contributed by atoms with Gasteiger partial charge in [0.25, 0.3) is 5.56 Å². The second-order valence-electron chi connectivity index (χ2n) is 8.21. The zero-order valence-corrected chi connectivity index (χ0v) is 19.8. The van der Waals surface area contributed by atoms with Gasteiger partial charge in [-0.25, -0.2) is 9.59 Å². The van der Waals surface area contributed by atoms with Crippen molar-refractivity contribution in [1.82, 2.24) is 9.13 Å². The molecule has 1 fully saturated rings. The molecule has 1 saturated heterocycles. The number of ether oxygens (including phenoxy) is 1. The number of para-hydroxylation sites is 1. The number of halogens is 1. The van der Waals surface area contributed by atoms with Crippen LogP contribution < -0.4 is 21.5 Å². The third-order valence-electron chi connectivity index (χ3n) is 6.01. The molecule has 1 N–H and O–H groups in total. The van der Waals surface area contributed by atoms with Crippen molar-refractivity contribution in [2.24, 2.45) is 7.05 Å². The van der Waals surface area contributed by atoms with Gasteiger partial charge in [-0.15, -0.1) is 11.8 Å². The summed E-state index contributed by atoms with van der Waals surface area (Å²) in [4.78, 5) is 52.3. The van der Waals surface area contributed by atoms with Crippen LogP contribution in [0.4, 0.5) is 16.2 Å². The molecule has 2 amide bonds. The van der Waals surface area contributed by atoms with Crippen LogP contribution in [0.2, 0.25) is 5.02 Å². The minimum Gasteiger partial charge on any atom is -0.444 e. The number of benzene rings is 2. The van der Waals surface area contributed by atoms with Gasteiger partial charge in [0, 0.05) is 24.2 Å². The number of carbonyl (C=O) groups is 2. The molecule has 1 atom stereocenters. The van der Waals surface area contributed by atoms with Crippen LogP contribution in [0.3, 0.4) is 0 Å². The van der Waals surface area contributed by atoms with Gasteiger partial charge in [0.1, 0.15) is 6.10 Å². The van der Waals surface area contributed by atoms with E-state index in [1.165, 1.54) is 25.8 Å². The smallest absolute Gasteiger partial charge is 0.414 e. The lowest BCUT2D eigenvalue weighted by molar-refractivity contribution is -0.113. The Hall–Kier alpha value is -3.24. The maximum absolute atomic E-state index is 12.9. The first-order chi connectivity index (χ1) is 16.3. The van der Waals surface area contributed by atoms with Crippen molar-refractivity contribution in [1.29, 1.82) is 0 Å². The first kappa shape index (κ1) is 22.5. The number of anilines is 2. The fourth-order valence-electron chi connectivity index (χ4n) is 4.33. The number of fused-ring (bicyclic) bond motifs is 2. The van der Waals surface area contributed by atoms with E-state index in [4.69, 9.17) is 16.3 Å². The van der Waals surface area contributed by atoms with Crippen molar-refractivity contribution >= 4 is 57.6 Å². The largest absolute Gasteiger partial charge is 0.444 e. The van der Waals surface area contributed by atoms with Gasteiger partial charge in [0.05, 0.1) is 33.9 Å². The molecule has 0 spiro atoms. The number of carbonyl (C=O) groups excluding carboxylic acids is 2. The van der Waals surface area contributed by atoms with Gasteiger partial charge >= 0.3 is 11.8 Å². The molecule has 9 nitrogen and oxygen atoms in total. The molecule has 1 aromatic heterocycles. The molecule has 3 aromatic rings. The Morgan fingerprint density at radius 1 is 1.18 bits per heavy atom. The van der Waals surface area contributed by atoms with Crippen LogP contribution in [0, 0.1) is 0 Å². The molecular weight excluding hydrogens is 480 g/mol. The lowest BCUT2D eigenvalue weighted by atomic mass is 10.1. The molecule has 2 aliphatic rings. The lowest BCUT2D eigenvalue weighted by Crippen LogP contribution is -2.39. The maximum Gasteiger partial charge on any atom is 0.414 e. The van der Waals surface area contributed by atoms with Gasteiger partial charge in [-0.3, -0.25) is 23.6 Å². The summed E-state index contributed by atoms with van der Waals surface area (Å²) in [5.74, 6) is 0.297. The highest BCUT2D eigenvalue weighted by Gasteiger charge is 2.32. The first-order valence-electron chi connectivity index (χ1n) is 10.8. The maximum atomic E-state index is 12.9. The number of thioether (sulfide) groups is 1. The highest BCUT2D eigenvalue weighted by molar-refractivity contribution is 8.00. The molecule has 176 valence electrons. The zero-order valence-electron chi connectivity index (χ0n) is 18.2. The average Bonchev–Trinajstić information content (AvgIpc) is 3.19. The number of hydrogen-bond acceptors (Lipinski definition) is 6. The van der Waals surface area contributed by atoms with Gasteiger partial charge in [0.2, 0.25) is 5.91 Å². The Balaban J connectivity index is 1.28. The first-order valence-corrected chi connectivity index (χ1v) is 12.1. The predicted octanol–water partition coefficient (Wildman–Crippen LogP) is 3.20. The summed E-state index contributed by atoms with van der Waals surface area (Å²) in [7, 11) is 1.59. The fourth-order valence-corrected chi connectivity index (χ4v) is 5.42. The summed E-state index contributed by atoms with van der Waals surface area (Å²) in [5, 5.41) is 3.55. The topological polar surface area (TPSA) is 103 Å². The Morgan fingerprint density at radius 2 is 2.00 bits per heavy atom. The molecule has 0 bridgehead atoms. The molecule has 5 rings (SSSR count). The van der Waals surface area contributed by atoms with E-state index in [2.05, 4.69) is 5.32 Å². The molecule has 0 unspecified atom stereocenters. The average molecular weight is 501 g/mol. The molecule has 0 radical (unpaired) electrons. The van der Waals surface area contributed by atoms with Crippen molar-refractivity contribution in [3.05, 3.63) is 62.3 Å². The van der Waals surface area contributed by atoms with E-state index in [9.17, 15) is 19.2 Å². The van der Waals surface area contributed by atoms with Gasteiger partial charge in [-0.05, 0) is 43.2 Å². The minimum absolute atomic E-state index is 0.0751. The fraction of sp³-hybridized carbons (Fsp3) is 0.304. The monoisotopic (exact) mass is 500 g/mol. The van der Waals surface area contributed by atoms with E-state index in [0.29, 0.717) is 52.4 Å². The van der Waals surface area contributed by atoms with Gasteiger partial charge in [0.15, 0.2) is 0 Å². The van der Waals surface area contributed by atoms with Crippen molar-refractivity contribution in [2.45, 2.75) is 30.4 Å². The SMILES string of the molecule is Cn1c(=O)n(CCC[C@H]2CN(c3ccc4c(c3)NC(=O)CS4)C(=O)O2)c(=O)c2cccc(Cl)c21.